The van der Waals surface area contributed by atoms with Crippen LogP contribution in [0.5, 0.6) is 0 Å². The lowest BCUT2D eigenvalue weighted by Crippen LogP contribution is -2.39. The molecule has 0 radical (unpaired) electrons. The van der Waals surface area contributed by atoms with Gasteiger partial charge in [-0.15, -0.1) is 13.2 Å². The highest BCUT2D eigenvalue weighted by atomic mass is 16.6. The summed E-state index contributed by atoms with van der Waals surface area (Å²) in [5.41, 5.74) is -1.90. The Hall–Kier alpha value is -1.58. The Bertz CT molecular complexity index is 423. The van der Waals surface area contributed by atoms with E-state index in [1.165, 1.54) is 7.11 Å². The summed E-state index contributed by atoms with van der Waals surface area (Å²) in [5, 5.41) is 0. The largest absolute Gasteiger partial charge is 0.468 e. The number of hydrogen-bond donors (Lipinski definition) is 0. The molecule has 1 saturated carbocycles. The van der Waals surface area contributed by atoms with Gasteiger partial charge in [-0.05, 0) is 19.8 Å². The molecule has 0 aromatic carbocycles. The van der Waals surface area contributed by atoms with Gasteiger partial charge in [-0.2, -0.15) is 0 Å². The Morgan fingerprint density at radius 2 is 1.89 bits per heavy atom. The molecule has 1 spiro atoms. The molecule has 0 amide bonds. The first-order valence-corrected chi connectivity index (χ1v) is 6.51. The van der Waals surface area contributed by atoms with E-state index in [9.17, 15) is 9.59 Å². The zero-order chi connectivity index (χ0) is 14.3. The van der Waals surface area contributed by atoms with Gasteiger partial charge in [0.25, 0.3) is 0 Å². The molecule has 19 heavy (non-hydrogen) atoms. The van der Waals surface area contributed by atoms with Crippen LogP contribution >= 0.6 is 0 Å². The normalized spacial score (nSPS) is 41.1. The quantitative estimate of drug-likeness (QED) is 0.445. The standard InChI is InChI=1S/C15H20O4/c1-5-10-7-8-11(6-2)15(10)9-14(3,12(16)18-4)13(17)19-15/h5-6,10-11H,1-2,7-9H2,3-4H3/t10-,11+,14-,15?/m0/s1. The average molecular weight is 264 g/mol. The summed E-state index contributed by atoms with van der Waals surface area (Å²) in [7, 11) is 1.29. The van der Waals surface area contributed by atoms with E-state index in [1.807, 2.05) is 12.2 Å². The Morgan fingerprint density at radius 3 is 2.32 bits per heavy atom. The van der Waals surface area contributed by atoms with Crippen molar-refractivity contribution in [2.24, 2.45) is 17.3 Å². The van der Waals surface area contributed by atoms with Gasteiger partial charge in [0.15, 0.2) is 5.41 Å². The number of carbonyl (C=O) groups excluding carboxylic acids is 2. The molecule has 0 N–H and O–H groups in total. The van der Waals surface area contributed by atoms with Crippen LogP contribution in [0.25, 0.3) is 0 Å². The summed E-state index contributed by atoms with van der Waals surface area (Å²) in [6.45, 7) is 9.24. The van der Waals surface area contributed by atoms with Crippen molar-refractivity contribution < 1.29 is 19.1 Å². The molecule has 1 unspecified atom stereocenters. The zero-order valence-electron chi connectivity index (χ0n) is 11.5. The van der Waals surface area contributed by atoms with Gasteiger partial charge in [0, 0.05) is 18.3 Å². The Labute approximate surface area is 113 Å². The van der Waals surface area contributed by atoms with Gasteiger partial charge in [0.1, 0.15) is 5.60 Å². The van der Waals surface area contributed by atoms with Crippen molar-refractivity contribution in [3.05, 3.63) is 25.3 Å². The molecular weight excluding hydrogens is 244 g/mol. The van der Waals surface area contributed by atoms with Crippen LogP contribution in [-0.4, -0.2) is 24.6 Å². The maximum absolute atomic E-state index is 12.2. The van der Waals surface area contributed by atoms with Crippen molar-refractivity contribution in [3.8, 4) is 0 Å². The van der Waals surface area contributed by atoms with Crippen molar-refractivity contribution in [3.63, 3.8) is 0 Å². The molecular formula is C15H20O4. The predicted molar refractivity (Wildman–Crippen MR) is 70.2 cm³/mol. The molecule has 2 rings (SSSR count). The second-order valence-electron chi connectivity index (χ2n) is 5.61. The predicted octanol–water partition coefficient (Wildman–Crippen LogP) is 2.25. The Balaban J connectivity index is 2.41. The number of methoxy groups -OCH3 is 1. The summed E-state index contributed by atoms with van der Waals surface area (Å²) in [6.07, 6.45) is 5.76. The minimum Gasteiger partial charge on any atom is -0.468 e. The molecule has 104 valence electrons. The van der Waals surface area contributed by atoms with E-state index in [0.29, 0.717) is 6.42 Å². The zero-order valence-corrected chi connectivity index (χ0v) is 11.5. The summed E-state index contributed by atoms with van der Waals surface area (Å²) in [5.74, 6) is -0.913. The maximum atomic E-state index is 12.2. The van der Waals surface area contributed by atoms with Crippen LogP contribution in [-0.2, 0) is 19.1 Å². The van der Waals surface area contributed by atoms with E-state index >= 15 is 0 Å². The molecule has 1 aliphatic carbocycles. The van der Waals surface area contributed by atoms with Gasteiger partial charge < -0.3 is 9.47 Å². The van der Waals surface area contributed by atoms with Crippen LogP contribution < -0.4 is 0 Å². The first-order chi connectivity index (χ1) is 8.94. The second kappa shape index (κ2) is 4.51. The van der Waals surface area contributed by atoms with Crippen molar-refractivity contribution in [2.75, 3.05) is 7.11 Å². The third-order valence-electron chi connectivity index (χ3n) is 4.61. The third-order valence-corrected chi connectivity index (χ3v) is 4.61. The van der Waals surface area contributed by atoms with Crippen LogP contribution in [0.15, 0.2) is 25.3 Å². The van der Waals surface area contributed by atoms with E-state index in [2.05, 4.69) is 13.2 Å². The number of rotatable bonds is 3. The number of carbonyl (C=O) groups is 2. The summed E-state index contributed by atoms with van der Waals surface area (Å²) in [4.78, 5) is 24.1. The minimum atomic E-state index is -1.22. The number of ether oxygens (including phenoxy) is 2. The highest BCUT2D eigenvalue weighted by Gasteiger charge is 2.65. The van der Waals surface area contributed by atoms with Crippen molar-refractivity contribution in [1.82, 2.24) is 0 Å². The van der Waals surface area contributed by atoms with Gasteiger partial charge in [0.05, 0.1) is 7.11 Å². The van der Waals surface area contributed by atoms with Crippen LogP contribution in [0, 0.1) is 17.3 Å². The lowest BCUT2D eigenvalue weighted by atomic mass is 9.74. The molecule has 4 nitrogen and oxygen atoms in total. The Kier molecular flexibility index (Phi) is 3.29. The van der Waals surface area contributed by atoms with E-state index in [4.69, 9.17) is 9.47 Å². The van der Waals surface area contributed by atoms with Crippen molar-refractivity contribution in [1.29, 1.82) is 0 Å². The first-order valence-electron chi connectivity index (χ1n) is 6.51. The number of esters is 2. The Morgan fingerprint density at radius 1 is 1.37 bits per heavy atom. The average Bonchev–Trinajstić information content (AvgIpc) is 2.87. The molecule has 1 heterocycles. The van der Waals surface area contributed by atoms with E-state index in [0.717, 1.165) is 12.8 Å². The monoisotopic (exact) mass is 264 g/mol. The highest BCUT2D eigenvalue weighted by molar-refractivity contribution is 6.01. The van der Waals surface area contributed by atoms with Crippen molar-refractivity contribution in [2.45, 2.75) is 31.8 Å². The third kappa shape index (κ3) is 1.73. The smallest absolute Gasteiger partial charge is 0.323 e. The van der Waals surface area contributed by atoms with E-state index in [1.54, 1.807) is 6.92 Å². The fraction of sp³-hybridized carbons (Fsp3) is 0.600. The SMILES string of the molecule is C=C[C@@H]1CC[C@H](C=C)C12C[C@@](C)(C(=O)OC)C(=O)O2. The lowest BCUT2D eigenvalue weighted by molar-refractivity contribution is -0.164. The van der Waals surface area contributed by atoms with E-state index in [-0.39, 0.29) is 11.8 Å². The van der Waals surface area contributed by atoms with Gasteiger partial charge in [-0.25, -0.2) is 0 Å². The second-order valence-corrected chi connectivity index (χ2v) is 5.61. The minimum absolute atomic E-state index is 0.0610. The van der Waals surface area contributed by atoms with Gasteiger partial charge in [-0.3, -0.25) is 9.59 Å². The number of hydrogen-bond acceptors (Lipinski definition) is 4. The maximum Gasteiger partial charge on any atom is 0.323 e. The van der Waals surface area contributed by atoms with Gasteiger partial charge in [0.2, 0.25) is 0 Å². The first kappa shape index (κ1) is 13.8. The molecule has 2 aliphatic rings. The topological polar surface area (TPSA) is 52.6 Å². The summed E-state index contributed by atoms with van der Waals surface area (Å²) < 4.78 is 10.4. The van der Waals surface area contributed by atoms with Gasteiger partial charge in [-0.1, -0.05) is 12.2 Å². The highest BCUT2D eigenvalue weighted by Crippen LogP contribution is 2.55. The van der Waals surface area contributed by atoms with Crippen LogP contribution in [0.2, 0.25) is 0 Å². The van der Waals surface area contributed by atoms with Crippen LogP contribution in [0.3, 0.4) is 0 Å². The van der Waals surface area contributed by atoms with Crippen LogP contribution in [0.1, 0.15) is 26.2 Å². The van der Waals surface area contributed by atoms with Gasteiger partial charge >= 0.3 is 11.9 Å². The molecule has 0 bridgehead atoms. The van der Waals surface area contributed by atoms with E-state index < -0.39 is 23.0 Å². The summed E-state index contributed by atoms with van der Waals surface area (Å²) >= 11 is 0. The molecule has 2 fully saturated rings. The van der Waals surface area contributed by atoms with Crippen molar-refractivity contribution >= 4 is 11.9 Å². The fourth-order valence-corrected chi connectivity index (χ4v) is 3.50. The molecule has 4 atom stereocenters. The lowest BCUT2D eigenvalue weighted by Gasteiger charge is -2.32. The summed E-state index contributed by atoms with van der Waals surface area (Å²) in [6, 6.07) is 0. The molecule has 0 aromatic heterocycles. The fourth-order valence-electron chi connectivity index (χ4n) is 3.50. The molecule has 1 aliphatic heterocycles. The molecule has 0 aromatic rings. The van der Waals surface area contributed by atoms with Crippen LogP contribution in [0.4, 0.5) is 0 Å². The molecule has 1 saturated heterocycles. The molecule has 4 heteroatoms.